The monoisotopic (exact) mass is 430 g/mol. The maximum absolute atomic E-state index is 12.3. The number of nitrogens with zero attached hydrogens (tertiary/aromatic N) is 1. The molecule has 0 fully saturated rings. The Morgan fingerprint density at radius 1 is 1.07 bits per heavy atom. The number of benzene rings is 2. The lowest BCUT2D eigenvalue weighted by Crippen LogP contribution is -2.33. The van der Waals surface area contributed by atoms with Crippen LogP contribution in [-0.2, 0) is 9.53 Å². The van der Waals surface area contributed by atoms with Gasteiger partial charge in [-0.2, -0.15) is 0 Å². The number of fused-ring (bicyclic) bond motifs is 1. The van der Waals surface area contributed by atoms with Gasteiger partial charge in [0.05, 0.1) is 29.5 Å². The Labute approximate surface area is 163 Å². The summed E-state index contributed by atoms with van der Waals surface area (Å²) in [6.07, 6.45) is -0.0951. The summed E-state index contributed by atoms with van der Waals surface area (Å²) in [6.45, 7) is -0.0533. The molecule has 1 aliphatic heterocycles. The van der Waals surface area contributed by atoms with Gasteiger partial charge in [-0.3, -0.25) is 19.3 Å². The van der Waals surface area contributed by atoms with E-state index < -0.39 is 23.7 Å². The standard InChI is InChI=1S/C19H15BrN2O5/c1-27-19(26)14-10-11(20)6-7-15(14)21-16(23)8-9-22-17(24)12-4-2-3-5-13(12)18(22)25/h2-7,10H,8-9H2,1H3,(H,21,23). The van der Waals surface area contributed by atoms with Crippen LogP contribution in [0.2, 0.25) is 0 Å². The van der Waals surface area contributed by atoms with Crippen LogP contribution in [0, 0.1) is 0 Å². The predicted octanol–water partition coefficient (Wildman–Crippen LogP) is 2.86. The van der Waals surface area contributed by atoms with Crippen molar-refractivity contribution in [1.82, 2.24) is 4.90 Å². The van der Waals surface area contributed by atoms with Crippen molar-refractivity contribution in [2.75, 3.05) is 19.0 Å². The fraction of sp³-hybridized carbons (Fsp3) is 0.158. The summed E-state index contributed by atoms with van der Waals surface area (Å²) in [6, 6.07) is 11.3. The molecule has 1 N–H and O–H groups in total. The molecular weight excluding hydrogens is 416 g/mol. The summed E-state index contributed by atoms with van der Waals surface area (Å²) in [7, 11) is 1.25. The van der Waals surface area contributed by atoms with Gasteiger partial charge in [-0.05, 0) is 30.3 Å². The quantitative estimate of drug-likeness (QED) is 0.581. The normalized spacial score (nSPS) is 12.7. The third-order valence-electron chi connectivity index (χ3n) is 4.10. The molecule has 2 aromatic carbocycles. The first-order valence-corrected chi connectivity index (χ1v) is 8.84. The first-order chi connectivity index (χ1) is 12.9. The van der Waals surface area contributed by atoms with Crippen molar-refractivity contribution in [2.24, 2.45) is 0 Å². The minimum Gasteiger partial charge on any atom is -0.465 e. The van der Waals surface area contributed by atoms with Gasteiger partial charge in [-0.15, -0.1) is 0 Å². The molecule has 0 bridgehead atoms. The molecule has 0 atom stereocenters. The van der Waals surface area contributed by atoms with Gasteiger partial charge in [0, 0.05) is 17.4 Å². The second-order valence-electron chi connectivity index (χ2n) is 5.79. The lowest BCUT2D eigenvalue weighted by Gasteiger charge is -2.14. The molecule has 0 aromatic heterocycles. The Morgan fingerprint density at radius 3 is 2.30 bits per heavy atom. The second-order valence-corrected chi connectivity index (χ2v) is 6.70. The number of halogens is 1. The van der Waals surface area contributed by atoms with E-state index in [1.165, 1.54) is 13.2 Å². The minimum atomic E-state index is -0.591. The van der Waals surface area contributed by atoms with Gasteiger partial charge >= 0.3 is 5.97 Å². The number of rotatable bonds is 5. The highest BCUT2D eigenvalue weighted by atomic mass is 79.9. The van der Waals surface area contributed by atoms with Gasteiger partial charge in [-0.25, -0.2) is 4.79 Å². The molecule has 0 aliphatic carbocycles. The number of methoxy groups -OCH3 is 1. The second kappa shape index (κ2) is 7.71. The number of hydrogen-bond acceptors (Lipinski definition) is 5. The Kier molecular flexibility index (Phi) is 5.36. The molecule has 2 aromatic rings. The minimum absolute atomic E-state index is 0.0533. The average Bonchev–Trinajstić information content (AvgIpc) is 2.91. The van der Waals surface area contributed by atoms with E-state index in [0.717, 1.165) is 4.90 Å². The molecular formula is C19H15BrN2O5. The number of anilines is 1. The SMILES string of the molecule is COC(=O)c1cc(Br)ccc1NC(=O)CCN1C(=O)c2ccccc2C1=O. The van der Waals surface area contributed by atoms with Gasteiger partial charge in [0.1, 0.15) is 0 Å². The topological polar surface area (TPSA) is 92.8 Å². The van der Waals surface area contributed by atoms with E-state index in [1.54, 1.807) is 36.4 Å². The van der Waals surface area contributed by atoms with Crippen molar-refractivity contribution < 1.29 is 23.9 Å². The lowest BCUT2D eigenvalue weighted by atomic mass is 10.1. The van der Waals surface area contributed by atoms with Crippen molar-refractivity contribution in [3.8, 4) is 0 Å². The number of ether oxygens (including phenoxy) is 1. The van der Waals surface area contributed by atoms with Gasteiger partial charge in [-0.1, -0.05) is 28.1 Å². The largest absolute Gasteiger partial charge is 0.465 e. The van der Waals surface area contributed by atoms with E-state index in [2.05, 4.69) is 21.2 Å². The first kappa shape index (κ1) is 18.8. The van der Waals surface area contributed by atoms with Crippen molar-refractivity contribution in [3.63, 3.8) is 0 Å². The van der Waals surface area contributed by atoms with Crippen LogP contribution >= 0.6 is 15.9 Å². The van der Waals surface area contributed by atoms with Crippen molar-refractivity contribution in [1.29, 1.82) is 0 Å². The van der Waals surface area contributed by atoms with Gasteiger partial charge in [0.25, 0.3) is 11.8 Å². The van der Waals surface area contributed by atoms with Gasteiger partial charge in [0.2, 0.25) is 5.91 Å². The summed E-state index contributed by atoms with van der Waals surface area (Å²) >= 11 is 3.26. The molecule has 7 nitrogen and oxygen atoms in total. The van der Waals surface area contributed by atoms with Gasteiger partial charge in [0.15, 0.2) is 0 Å². The summed E-state index contributed by atoms with van der Waals surface area (Å²) in [5, 5.41) is 2.62. The third-order valence-corrected chi connectivity index (χ3v) is 4.59. The van der Waals surface area contributed by atoms with E-state index >= 15 is 0 Å². The third kappa shape index (κ3) is 3.75. The molecule has 138 valence electrons. The Balaban J connectivity index is 1.67. The number of imide groups is 1. The van der Waals surface area contributed by atoms with E-state index in [-0.39, 0.29) is 24.2 Å². The average molecular weight is 431 g/mol. The number of hydrogen-bond donors (Lipinski definition) is 1. The molecule has 1 heterocycles. The molecule has 8 heteroatoms. The van der Waals surface area contributed by atoms with Crippen LogP contribution in [0.25, 0.3) is 0 Å². The van der Waals surface area contributed by atoms with Crippen LogP contribution in [0.5, 0.6) is 0 Å². The summed E-state index contributed by atoms with van der Waals surface area (Å²) in [5.74, 6) is -1.85. The highest BCUT2D eigenvalue weighted by molar-refractivity contribution is 9.10. The maximum atomic E-state index is 12.3. The smallest absolute Gasteiger partial charge is 0.340 e. The zero-order chi connectivity index (χ0) is 19.6. The Bertz CT molecular complexity index is 922. The van der Waals surface area contributed by atoms with Crippen molar-refractivity contribution in [3.05, 3.63) is 63.6 Å². The maximum Gasteiger partial charge on any atom is 0.340 e. The van der Waals surface area contributed by atoms with Crippen molar-refractivity contribution in [2.45, 2.75) is 6.42 Å². The molecule has 3 rings (SSSR count). The van der Waals surface area contributed by atoms with E-state index in [0.29, 0.717) is 15.6 Å². The van der Waals surface area contributed by atoms with Crippen LogP contribution in [0.3, 0.4) is 0 Å². The highest BCUT2D eigenvalue weighted by Crippen LogP contribution is 2.24. The lowest BCUT2D eigenvalue weighted by molar-refractivity contribution is -0.116. The van der Waals surface area contributed by atoms with E-state index in [9.17, 15) is 19.2 Å². The number of esters is 1. The molecule has 3 amide bonds. The number of carbonyl (C=O) groups is 4. The Morgan fingerprint density at radius 2 is 1.70 bits per heavy atom. The molecule has 0 saturated carbocycles. The van der Waals surface area contributed by atoms with Crippen LogP contribution in [0.4, 0.5) is 5.69 Å². The molecule has 0 radical (unpaired) electrons. The van der Waals surface area contributed by atoms with E-state index in [1.807, 2.05) is 0 Å². The summed E-state index contributed by atoms with van der Waals surface area (Å²) in [5.41, 5.74) is 1.16. The molecule has 1 aliphatic rings. The molecule has 0 spiro atoms. The fourth-order valence-electron chi connectivity index (χ4n) is 2.77. The van der Waals surface area contributed by atoms with Crippen LogP contribution in [0.1, 0.15) is 37.5 Å². The van der Waals surface area contributed by atoms with Crippen LogP contribution in [-0.4, -0.2) is 42.2 Å². The van der Waals surface area contributed by atoms with Gasteiger partial charge < -0.3 is 10.1 Å². The van der Waals surface area contributed by atoms with Crippen molar-refractivity contribution >= 4 is 45.3 Å². The fourth-order valence-corrected chi connectivity index (χ4v) is 3.13. The van der Waals surface area contributed by atoms with Crippen LogP contribution in [0.15, 0.2) is 46.9 Å². The highest BCUT2D eigenvalue weighted by Gasteiger charge is 2.35. The molecule has 0 unspecified atom stereocenters. The predicted molar refractivity (Wildman–Crippen MR) is 101 cm³/mol. The van der Waals surface area contributed by atoms with E-state index in [4.69, 9.17) is 4.74 Å². The van der Waals surface area contributed by atoms with Crippen LogP contribution < -0.4 is 5.32 Å². The molecule has 27 heavy (non-hydrogen) atoms. The summed E-state index contributed by atoms with van der Waals surface area (Å²) in [4.78, 5) is 49.8. The number of nitrogens with one attached hydrogen (secondary N) is 1. The Hall–Kier alpha value is -3.00. The zero-order valence-corrected chi connectivity index (χ0v) is 15.9. The molecule has 0 saturated heterocycles. The number of amides is 3. The zero-order valence-electron chi connectivity index (χ0n) is 14.3. The first-order valence-electron chi connectivity index (χ1n) is 8.05. The number of carbonyl (C=O) groups excluding carboxylic acids is 4. The summed E-state index contributed by atoms with van der Waals surface area (Å²) < 4.78 is 5.37.